The Hall–Kier alpha value is -2.51. The second kappa shape index (κ2) is 4.06. The van der Waals surface area contributed by atoms with E-state index < -0.39 is 17.8 Å². The highest BCUT2D eigenvalue weighted by Gasteiger charge is 2.42. The number of aryl methyl sites for hydroxylation is 1. The van der Waals surface area contributed by atoms with Crippen molar-refractivity contribution in [2.75, 3.05) is 12.8 Å². The molecule has 1 aliphatic heterocycles. The van der Waals surface area contributed by atoms with Gasteiger partial charge in [0.2, 0.25) is 0 Å². The summed E-state index contributed by atoms with van der Waals surface area (Å²) >= 11 is 0. The zero-order valence-electron chi connectivity index (χ0n) is 9.88. The van der Waals surface area contributed by atoms with Gasteiger partial charge in [0.1, 0.15) is 5.82 Å². The fraction of sp³-hybridized carbons (Fsp3) is 0.300. The van der Waals surface area contributed by atoms with Gasteiger partial charge < -0.3 is 5.73 Å². The number of anilines is 1. The van der Waals surface area contributed by atoms with Gasteiger partial charge in [-0.25, -0.2) is 19.7 Å². The standard InChI is InChI=1S/C10H11N5O3/c1-5-3-6(11)13-7(12-5)4-15-9(17)8(16)14(2)10(15)18/h3H,4H2,1-2H3,(H2,11,12,13). The second-order valence-corrected chi connectivity index (χ2v) is 3.89. The smallest absolute Gasteiger partial charge is 0.334 e. The first kappa shape index (κ1) is 12.0. The summed E-state index contributed by atoms with van der Waals surface area (Å²) in [5.74, 6) is -1.28. The van der Waals surface area contributed by atoms with Crippen LogP contribution in [0.25, 0.3) is 0 Å². The van der Waals surface area contributed by atoms with Crippen LogP contribution >= 0.6 is 0 Å². The van der Waals surface area contributed by atoms with Crippen molar-refractivity contribution < 1.29 is 14.4 Å². The molecule has 94 valence electrons. The molecule has 0 spiro atoms. The van der Waals surface area contributed by atoms with E-state index in [9.17, 15) is 14.4 Å². The zero-order chi connectivity index (χ0) is 13.4. The predicted molar refractivity (Wildman–Crippen MR) is 59.9 cm³/mol. The van der Waals surface area contributed by atoms with Crippen molar-refractivity contribution in [1.29, 1.82) is 0 Å². The van der Waals surface area contributed by atoms with E-state index in [2.05, 4.69) is 9.97 Å². The summed E-state index contributed by atoms with van der Waals surface area (Å²) in [4.78, 5) is 43.9. The average molecular weight is 249 g/mol. The Morgan fingerprint density at radius 1 is 1.22 bits per heavy atom. The van der Waals surface area contributed by atoms with E-state index in [1.165, 1.54) is 7.05 Å². The summed E-state index contributed by atoms with van der Waals surface area (Å²) in [5.41, 5.74) is 6.16. The lowest BCUT2D eigenvalue weighted by Gasteiger charge is -2.12. The third-order valence-corrected chi connectivity index (χ3v) is 2.47. The lowest BCUT2D eigenvalue weighted by molar-refractivity contribution is -0.143. The number of likely N-dealkylation sites (N-methyl/N-ethyl adjacent to an activating group) is 1. The molecule has 0 aromatic carbocycles. The van der Waals surface area contributed by atoms with Crippen molar-refractivity contribution in [3.8, 4) is 0 Å². The number of imide groups is 2. The summed E-state index contributed by atoms with van der Waals surface area (Å²) in [6.45, 7) is 1.55. The molecule has 0 unspecified atom stereocenters. The molecule has 1 aliphatic rings. The molecular formula is C10H11N5O3. The topological polar surface area (TPSA) is 109 Å². The molecule has 4 amide bonds. The maximum atomic E-state index is 11.6. The largest absolute Gasteiger partial charge is 0.384 e. The molecular weight excluding hydrogens is 238 g/mol. The number of hydrogen-bond acceptors (Lipinski definition) is 6. The predicted octanol–water partition coefficient (Wildman–Crippen LogP) is -0.712. The summed E-state index contributed by atoms with van der Waals surface area (Å²) in [6.07, 6.45) is 0. The van der Waals surface area contributed by atoms with Gasteiger partial charge in [-0.1, -0.05) is 0 Å². The lowest BCUT2D eigenvalue weighted by Crippen LogP contribution is -2.31. The van der Waals surface area contributed by atoms with Crippen molar-refractivity contribution in [2.45, 2.75) is 13.5 Å². The number of amides is 4. The number of nitrogen functional groups attached to an aromatic ring is 1. The van der Waals surface area contributed by atoms with Crippen molar-refractivity contribution in [3.05, 3.63) is 17.6 Å². The van der Waals surface area contributed by atoms with E-state index in [-0.39, 0.29) is 18.2 Å². The molecule has 8 nitrogen and oxygen atoms in total. The normalized spacial score (nSPS) is 15.8. The van der Waals surface area contributed by atoms with Crippen LogP contribution in [0.15, 0.2) is 6.07 Å². The highest BCUT2D eigenvalue weighted by atomic mass is 16.2. The molecule has 8 heteroatoms. The van der Waals surface area contributed by atoms with Crippen LogP contribution in [0, 0.1) is 6.92 Å². The number of hydrogen-bond donors (Lipinski definition) is 1. The third kappa shape index (κ3) is 1.88. The van der Waals surface area contributed by atoms with Crippen molar-refractivity contribution in [2.24, 2.45) is 0 Å². The van der Waals surface area contributed by atoms with Crippen LogP contribution in [0.5, 0.6) is 0 Å². The fourth-order valence-corrected chi connectivity index (χ4v) is 1.62. The SMILES string of the molecule is Cc1cc(N)nc(CN2C(=O)C(=O)N(C)C2=O)n1. The minimum atomic E-state index is -0.883. The van der Waals surface area contributed by atoms with Gasteiger partial charge in [-0.15, -0.1) is 0 Å². The van der Waals surface area contributed by atoms with E-state index in [4.69, 9.17) is 5.73 Å². The molecule has 18 heavy (non-hydrogen) atoms. The summed E-state index contributed by atoms with van der Waals surface area (Å²) < 4.78 is 0. The molecule has 2 rings (SSSR count). The summed E-state index contributed by atoms with van der Waals surface area (Å²) in [7, 11) is 1.24. The van der Waals surface area contributed by atoms with Gasteiger partial charge in [-0.05, 0) is 6.92 Å². The number of carbonyl (C=O) groups is 3. The molecule has 0 atom stereocenters. The van der Waals surface area contributed by atoms with Crippen molar-refractivity contribution >= 4 is 23.7 Å². The Morgan fingerprint density at radius 2 is 1.89 bits per heavy atom. The lowest BCUT2D eigenvalue weighted by atomic mass is 10.4. The first-order valence-corrected chi connectivity index (χ1v) is 5.13. The van der Waals surface area contributed by atoms with Crippen molar-refractivity contribution in [1.82, 2.24) is 19.8 Å². The molecule has 0 aliphatic carbocycles. The molecule has 1 fully saturated rings. The van der Waals surface area contributed by atoms with Crippen LogP contribution < -0.4 is 5.73 Å². The number of nitrogens with two attached hydrogens (primary N) is 1. The Balaban J connectivity index is 2.27. The molecule has 1 saturated heterocycles. The Labute approximate surface area is 102 Å². The van der Waals surface area contributed by atoms with Gasteiger partial charge in [-0.2, -0.15) is 0 Å². The molecule has 0 radical (unpaired) electrons. The number of nitrogens with zero attached hydrogens (tertiary/aromatic N) is 4. The van der Waals surface area contributed by atoms with Crippen LogP contribution in [0.2, 0.25) is 0 Å². The van der Waals surface area contributed by atoms with Crippen LogP contribution in [0.3, 0.4) is 0 Å². The zero-order valence-corrected chi connectivity index (χ0v) is 9.88. The quantitative estimate of drug-likeness (QED) is 0.547. The van der Waals surface area contributed by atoms with Crippen LogP contribution in [0.1, 0.15) is 11.5 Å². The number of rotatable bonds is 2. The van der Waals surface area contributed by atoms with Crippen molar-refractivity contribution in [3.63, 3.8) is 0 Å². The Morgan fingerprint density at radius 3 is 2.39 bits per heavy atom. The molecule has 1 aromatic heterocycles. The average Bonchev–Trinajstić information content (AvgIpc) is 2.46. The van der Waals surface area contributed by atoms with Gasteiger partial charge in [0.05, 0.1) is 6.54 Å². The van der Waals surface area contributed by atoms with Crippen LogP contribution in [0.4, 0.5) is 10.6 Å². The van der Waals surface area contributed by atoms with E-state index in [1.807, 2.05) is 0 Å². The van der Waals surface area contributed by atoms with Gasteiger partial charge in [-0.3, -0.25) is 14.5 Å². The van der Waals surface area contributed by atoms with E-state index in [0.717, 1.165) is 9.80 Å². The number of aromatic nitrogens is 2. The molecule has 0 saturated carbocycles. The highest BCUT2D eigenvalue weighted by Crippen LogP contribution is 2.13. The van der Waals surface area contributed by atoms with E-state index >= 15 is 0 Å². The van der Waals surface area contributed by atoms with Gasteiger partial charge >= 0.3 is 17.8 Å². The van der Waals surface area contributed by atoms with Gasteiger partial charge in [0.25, 0.3) is 0 Å². The van der Waals surface area contributed by atoms with Gasteiger partial charge in [0, 0.05) is 18.8 Å². The molecule has 0 bridgehead atoms. The molecule has 2 N–H and O–H groups in total. The molecule has 2 heterocycles. The third-order valence-electron chi connectivity index (χ3n) is 2.47. The number of urea groups is 1. The highest BCUT2D eigenvalue weighted by molar-refractivity contribution is 6.44. The van der Waals surface area contributed by atoms with E-state index in [1.54, 1.807) is 13.0 Å². The fourth-order valence-electron chi connectivity index (χ4n) is 1.62. The first-order valence-electron chi connectivity index (χ1n) is 5.13. The van der Waals surface area contributed by atoms with Crippen LogP contribution in [-0.2, 0) is 16.1 Å². The summed E-state index contributed by atoms with van der Waals surface area (Å²) in [6, 6.07) is 0.877. The first-order chi connectivity index (χ1) is 8.40. The van der Waals surface area contributed by atoms with Gasteiger partial charge in [0.15, 0.2) is 5.82 Å². The van der Waals surface area contributed by atoms with Crippen LogP contribution in [-0.4, -0.2) is 44.7 Å². The minimum absolute atomic E-state index is 0.167. The second-order valence-electron chi connectivity index (χ2n) is 3.89. The Kier molecular flexibility index (Phi) is 2.70. The van der Waals surface area contributed by atoms with E-state index in [0.29, 0.717) is 5.69 Å². The maximum absolute atomic E-state index is 11.6. The summed E-state index contributed by atoms with van der Waals surface area (Å²) in [5, 5.41) is 0. The maximum Gasteiger partial charge on any atom is 0.334 e. The monoisotopic (exact) mass is 249 g/mol. The number of carbonyl (C=O) groups excluding carboxylic acids is 3. The Bertz CT molecular complexity index is 536. The minimum Gasteiger partial charge on any atom is -0.384 e. The molecule has 1 aromatic rings.